The first kappa shape index (κ1) is 26.4. The number of ether oxygens (including phenoxy) is 3. The molecule has 3 rings (SSSR count). The molecule has 2 aromatic carbocycles. The second-order valence-electron chi connectivity index (χ2n) is 8.10. The number of rotatable bonds is 12. The van der Waals surface area contributed by atoms with E-state index in [0.717, 1.165) is 29.7 Å². The van der Waals surface area contributed by atoms with Crippen molar-refractivity contribution >= 4 is 17.3 Å². The van der Waals surface area contributed by atoms with Crippen LogP contribution >= 0.6 is 11.6 Å². The maximum absolute atomic E-state index is 13.5. The number of likely N-dealkylation sites (N-methyl/N-ethyl adjacent to an activating group) is 1. The van der Waals surface area contributed by atoms with E-state index >= 15 is 0 Å². The number of aromatic nitrogens is 2. The molecule has 0 aliphatic heterocycles. The number of benzene rings is 2. The molecular formula is C26H33ClN4O4. The Labute approximate surface area is 211 Å². The van der Waals surface area contributed by atoms with E-state index in [4.69, 9.17) is 25.8 Å². The van der Waals surface area contributed by atoms with Gasteiger partial charge < -0.3 is 14.2 Å². The van der Waals surface area contributed by atoms with Crippen molar-refractivity contribution in [1.82, 2.24) is 14.8 Å². The van der Waals surface area contributed by atoms with Gasteiger partial charge in [-0.1, -0.05) is 36.7 Å². The number of methoxy groups -OCH3 is 3. The average Bonchev–Trinajstić information content (AvgIpc) is 2.88. The van der Waals surface area contributed by atoms with Crippen LogP contribution in [0.5, 0.6) is 17.2 Å². The van der Waals surface area contributed by atoms with Gasteiger partial charge in [0.2, 0.25) is 0 Å². The van der Waals surface area contributed by atoms with Crippen LogP contribution in [0.3, 0.4) is 0 Å². The van der Waals surface area contributed by atoms with Gasteiger partial charge in [0.25, 0.3) is 5.56 Å². The highest BCUT2D eigenvalue weighted by Gasteiger charge is 2.21. The van der Waals surface area contributed by atoms with E-state index in [1.54, 1.807) is 21.3 Å². The monoisotopic (exact) mass is 500 g/mol. The molecule has 0 saturated heterocycles. The summed E-state index contributed by atoms with van der Waals surface area (Å²) >= 11 is 6.52. The van der Waals surface area contributed by atoms with Crippen molar-refractivity contribution < 1.29 is 14.2 Å². The quantitative estimate of drug-likeness (QED) is 0.344. The summed E-state index contributed by atoms with van der Waals surface area (Å²) in [6.07, 6.45) is 3.13. The summed E-state index contributed by atoms with van der Waals surface area (Å²) in [4.78, 5) is 13.5. The Morgan fingerprint density at radius 1 is 0.943 bits per heavy atom. The van der Waals surface area contributed by atoms with E-state index in [1.165, 1.54) is 10.9 Å². The lowest BCUT2D eigenvalue weighted by molar-refractivity contribution is 0.304. The molecule has 0 bridgehead atoms. The van der Waals surface area contributed by atoms with Gasteiger partial charge >= 0.3 is 0 Å². The van der Waals surface area contributed by atoms with Crippen LogP contribution in [-0.2, 0) is 13.0 Å². The number of halogens is 1. The molecule has 0 amide bonds. The van der Waals surface area contributed by atoms with E-state index in [2.05, 4.69) is 12.0 Å². The zero-order valence-electron chi connectivity index (χ0n) is 21.0. The van der Waals surface area contributed by atoms with E-state index in [0.29, 0.717) is 41.8 Å². The lowest BCUT2D eigenvalue weighted by Crippen LogP contribution is -2.45. The minimum absolute atomic E-state index is 0.236. The van der Waals surface area contributed by atoms with Crippen LogP contribution in [0.1, 0.15) is 24.5 Å². The molecule has 0 saturated carbocycles. The lowest BCUT2D eigenvalue weighted by Gasteiger charge is -2.34. The molecule has 0 atom stereocenters. The van der Waals surface area contributed by atoms with Crippen molar-refractivity contribution in [2.45, 2.75) is 26.3 Å². The normalized spacial score (nSPS) is 10.9. The maximum atomic E-state index is 13.5. The second-order valence-corrected chi connectivity index (χ2v) is 8.50. The molecule has 0 spiro atoms. The van der Waals surface area contributed by atoms with Crippen molar-refractivity contribution in [1.29, 1.82) is 0 Å². The van der Waals surface area contributed by atoms with Crippen LogP contribution in [0.4, 0.5) is 5.69 Å². The van der Waals surface area contributed by atoms with Crippen molar-refractivity contribution in [3.8, 4) is 17.2 Å². The van der Waals surface area contributed by atoms with Crippen molar-refractivity contribution in [3.63, 3.8) is 0 Å². The highest BCUT2D eigenvalue weighted by atomic mass is 35.5. The van der Waals surface area contributed by atoms with Gasteiger partial charge in [0, 0.05) is 20.1 Å². The van der Waals surface area contributed by atoms with Crippen LogP contribution in [0, 0.1) is 0 Å². The Morgan fingerprint density at radius 3 is 2.26 bits per heavy atom. The third-order valence-electron chi connectivity index (χ3n) is 5.74. The SMILES string of the molecule is CCCN(c1c(Cl)cnn(Cc2ccc(OC)cc2)c1=O)N(C)CCc1ccc(OC)c(OC)c1. The van der Waals surface area contributed by atoms with Gasteiger partial charge in [0.1, 0.15) is 11.4 Å². The van der Waals surface area contributed by atoms with E-state index in [-0.39, 0.29) is 5.56 Å². The predicted octanol–water partition coefficient (Wildman–Crippen LogP) is 4.28. The fraction of sp³-hybridized carbons (Fsp3) is 0.385. The van der Waals surface area contributed by atoms with Gasteiger partial charge in [-0.2, -0.15) is 5.10 Å². The molecular weight excluding hydrogens is 468 g/mol. The van der Waals surface area contributed by atoms with Gasteiger partial charge in [-0.25, -0.2) is 9.69 Å². The molecule has 0 unspecified atom stereocenters. The molecule has 35 heavy (non-hydrogen) atoms. The van der Waals surface area contributed by atoms with Crippen molar-refractivity contribution in [3.05, 3.63) is 75.2 Å². The average molecular weight is 501 g/mol. The smallest absolute Gasteiger partial charge is 0.293 e. The van der Waals surface area contributed by atoms with Gasteiger partial charge in [0.15, 0.2) is 11.5 Å². The highest BCUT2D eigenvalue weighted by molar-refractivity contribution is 6.33. The minimum atomic E-state index is -0.236. The number of anilines is 1. The molecule has 188 valence electrons. The summed E-state index contributed by atoms with van der Waals surface area (Å²) in [5.41, 5.74) is 2.23. The minimum Gasteiger partial charge on any atom is -0.497 e. The third-order valence-corrected chi connectivity index (χ3v) is 6.02. The van der Waals surface area contributed by atoms with Gasteiger partial charge in [0.05, 0.1) is 39.1 Å². The molecule has 0 aliphatic carbocycles. The number of hydrogen-bond donors (Lipinski definition) is 0. The lowest BCUT2D eigenvalue weighted by atomic mass is 10.1. The van der Waals surface area contributed by atoms with Crippen molar-refractivity contribution in [2.75, 3.05) is 46.5 Å². The number of hydrogen-bond acceptors (Lipinski definition) is 7. The summed E-state index contributed by atoms with van der Waals surface area (Å²) in [6, 6.07) is 13.4. The zero-order valence-corrected chi connectivity index (χ0v) is 21.7. The van der Waals surface area contributed by atoms with Crippen LogP contribution < -0.4 is 24.8 Å². The summed E-state index contributed by atoms with van der Waals surface area (Å²) in [7, 11) is 6.82. The summed E-state index contributed by atoms with van der Waals surface area (Å²) in [5, 5.41) is 8.57. The Kier molecular flexibility index (Phi) is 9.39. The van der Waals surface area contributed by atoms with Gasteiger partial charge in [-0.05, 0) is 48.2 Å². The summed E-state index contributed by atoms with van der Waals surface area (Å²) in [6.45, 7) is 3.72. The molecule has 0 aliphatic rings. The van der Waals surface area contributed by atoms with Crippen molar-refractivity contribution in [2.24, 2.45) is 0 Å². The number of nitrogens with zero attached hydrogens (tertiary/aromatic N) is 4. The topological polar surface area (TPSA) is 69.1 Å². The fourth-order valence-electron chi connectivity index (χ4n) is 3.82. The Bertz CT molecular complexity index is 1170. The molecule has 8 nitrogen and oxygen atoms in total. The highest BCUT2D eigenvalue weighted by Crippen LogP contribution is 2.28. The Balaban J connectivity index is 1.82. The van der Waals surface area contributed by atoms with Gasteiger partial charge in [-0.15, -0.1) is 0 Å². The first-order valence-electron chi connectivity index (χ1n) is 11.5. The molecule has 1 aromatic heterocycles. The van der Waals surface area contributed by atoms with Crippen LogP contribution in [-0.4, -0.2) is 56.3 Å². The fourth-order valence-corrected chi connectivity index (χ4v) is 4.04. The zero-order chi connectivity index (χ0) is 25.4. The van der Waals surface area contributed by atoms with E-state index in [9.17, 15) is 4.79 Å². The molecule has 0 fully saturated rings. The molecule has 3 aromatic rings. The predicted molar refractivity (Wildman–Crippen MR) is 139 cm³/mol. The molecule has 0 N–H and O–H groups in total. The standard InChI is InChI=1S/C26H33ClN4O4/c1-6-14-31(29(2)15-13-19-9-12-23(34-4)24(16-19)35-5)25-22(27)17-28-30(26(25)32)18-20-7-10-21(33-3)11-8-20/h7-12,16-17H,6,13-15,18H2,1-5H3. The maximum Gasteiger partial charge on any atom is 0.293 e. The molecule has 1 heterocycles. The summed E-state index contributed by atoms with van der Waals surface area (Å²) < 4.78 is 17.4. The number of hydrazine groups is 1. The first-order chi connectivity index (χ1) is 16.9. The third kappa shape index (κ3) is 6.46. The Hall–Kier alpha value is -3.23. The molecule has 0 radical (unpaired) electrons. The van der Waals surface area contributed by atoms with E-state index in [1.807, 2.05) is 59.5 Å². The second kappa shape index (κ2) is 12.5. The van der Waals surface area contributed by atoms with Gasteiger partial charge in [-0.3, -0.25) is 9.80 Å². The van der Waals surface area contributed by atoms with Crippen LogP contribution in [0.15, 0.2) is 53.5 Å². The Morgan fingerprint density at radius 2 is 1.63 bits per heavy atom. The van der Waals surface area contributed by atoms with E-state index < -0.39 is 0 Å². The van der Waals surface area contributed by atoms with Crippen LogP contribution in [0.25, 0.3) is 0 Å². The van der Waals surface area contributed by atoms with Crippen LogP contribution in [0.2, 0.25) is 5.02 Å². The first-order valence-corrected chi connectivity index (χ1v) is 11.9. The summed E-state index contributed by atoms with van der Waals surface area (Å²) in [5.74, 6) is 2.14. The molecule has 9 heteroatoms. The largest absolute Gasteiger partial charge is 0.497 e.